The molecule has 1 atom stereocenters. The van der Waals surface area contributed by atoms with E-state index in [1.54, 1.807) is 6.26 Å². The topological polar surface area (TPSA) is 43.6 Å². The second-order valence-corrected chi connectivity index (χ2v) is 4.34. The largest absolute Gasteiger partial charge is 0.468 e. The molecular weight excluding hydrogens is 218 g/mol. The number of rotatable bonds is 7. The Bertz CT molecular complexity index is 318. The van der Waals surface area contributed by atoms with Crippen molar-refractivity contribution >= 4 is 0 Å². The minimum Gasteiger partial charge on any atom is -0.468 e. The molecule has 0 saturated carbocycles. The Labute approximate surface area is 102 Å². The SMILES string of the molecule is CCCNCc1occc1COC1CCOC1. The molecule has 0 amide bonds. The van der Waals surface area contributed by atoms with Crippen LogP contribution in [0, 0.1) is 0 Å². The van der Waals surface area contributed by atoms with Crippen LogP contribution in [-0.2, 0) is 22.6 Å². The molecule has 1 aromatic heterocycles. The van der Waals surface area contributed by atoms with Crippen molar-refractivity contribution in [2.45, 2.75) is 39.0 Å². The summed E-state index contributed by atoms with van der Waals surface area (Å²) in [6, 6.07) is 1.98. The van der Waals surface area contributed by atoms with Crippen molar-refractivity contribution in [3.8, 4) is 0 Å². The maximum absolute atomic E-state index is 5.78. The molecule has 0 bridgehead atoms. The molecule has 1 aliphatic heterocycles. The Hall–Kier alpha value is -0.840. The fourth-order valence-electron chi connectivity index (χ4n) is 1.88. The normalized spacial score (nSPS) is 19.9. The average molecular weight is 239 g/mol. The second-order valence-electron chi connectivity index (χ2n) is 4.34. The highest BCUT2D eigenvalue weighted by molar-refractivity contribution is 5.15. The van der Waals surface area contributed by atoms with Gasteiger partial charge in [-0.05, 0) is 25.5 Å². The van der Waals surface area contributed by atoms with E-state index in [0.29, 0.717) is 6.61 Å². The summed E-state index contributed by atoms with van der Waals surface area (Å²) < 4.78 is 16.5. The molecule has 4 heteroatoms. The van der Waals surface area contributed by atoms with Gasteiger partial charge in [0.15, 0.2) is 0 Å². The van der Waals surface area contributed by atoms with E-state index in [4.69, 9.17) is 13.9 Å². The summed E-state index contributed by atoms with van der Waals surface area (Å²) in [6.45, 7) is 6.10. The smallest absolute Gasteiger partial charge is 0.123 e. The molecule has 4 nitrogen and oxygen atoms in total. The first kappa shape index (κ1) is 12.6. The third-order valence-corrected chi connectivity index (χ3v) is 2.91. The summed E-state index contributed by atoms with van der Waals surface area (Å²) in [6.07, 6.45) is 4.11. The van der Waals surface area contributed by atoms with Gasteiger partial charge in [0, 0.05) is 12.2 Å². The molecule has 1 aromatic rings. The van der Waals surface area contributed by atoms with E-state index in [1.807, 2.05) is 6.07 Å². The van der Waals surface area contributed by atoms with E-state index in [2.05, 4.69) is 12.2 Å². The Kier molecular flexibility index (Phi) is 5.04. The molecule has 0 aromatic carbocycles. The van der Waals surface area contributed by atoms with Crippen LogP contribution >= 0.6 is 0 Å². The predicted octanol–water partition coefficient (Wildman–Crippen LogP) is 2.08. The third kappa shape index (κ3) is 3.84. The Morgan fingerprint density at radius 2 is 2.47 bits per heavy atom. The minimum atomic E-state index is 0.251. The van der Waals surface area contributed by atoms with Crippen LogP contribution in [-0.4, -0.2) is 25.9 Å². The zero-order valence-corrected chi connectivity index (χ0v) is 10.4. The minimum absolute atomic E-state index is 0.251. The number of hydrogen-bond donors (Lipinski definition) is 1. The molecule has 0 aliphatic carbocycles. The standard InChI is InChI=1S/C13H21NO3/c1-2-5-14-8-13-11(3-7-16-13)9-17-12-4-6-15-10-12/h3,7,12,14H,2,4-6,8-10H2,1H3. The highest BCUT2D eigenvalue weighted by atomic mass is 16.5. The first-order chi connectivity index (χ1) is 8.40. The van der Waals surface area contributed by atoms with Crippen molar-refractivity contribution in [1.82, 2.24) is 5.32 Å². The van der Waals surface area contributed by atoms with Crippen molar-refractivity contribution in [3.63, 3.8) is 0 Å². The van der Waals surface area contributed by atoms with Gasteiger partial charge in [-0.15, -0.1) is 0 Å². The van der Waals surface area contributed by atoms with Crippen LogP contribution < -0.4 is 5.32 Å². The zero-order valence-electron chi connectivity index (χ0n) is 10.4. The molecular formula is C13H21NO3. The van der Waals surface area contributed by atoms with E-state index in [9.17, 15) is 0 Å². The number of furan rings is 1. The lowest BCUT2D eigenvalue weighted by atomic mass is 10.2. The molecule has 0 radical (unpaired) electrons. The Morgan fingerprint density at radius 1 is 1.53 bits per heavy atom. The van der Waals surface area contributed by atoms with Crippen LogP contribution in [0.15, 0.2) is 16.7 Å². The zero-order chi connectivity index (χ0) is 11.9. The molecule has 1 fully saturated rings. The summed E-state index contributed by atoms with van der Waals surface area (Å²) >= 11 is 0. The van der Waals surface area contributed by atoms with Gasteiger partial charge >= 0.3 is 0 Å². The molecule has 1 aliphatic rings. The van der Waals surface area contributed by atoms with E-state index in [0.717, 1.165) is 50.5 Å². The van der Waals surface area contributed by atoms with Gasteiger partial charge in [-0.25, -0.2) is 0 Å². The summed E-state index contributed by atoms with van der Waals surface area (Å²) in [7, 11) is 0. The third-order valence-electron chi connectivity index (χ3n) is 2.91. The van der Waals surface area contributed by atoms with Gasteiger partial charge in [-0.3, -0.25) is 0 Å². The lowest BCUT2D eigenvalue weighted by Gasteiger charge is -2.09. The van der Waals surface area contributed by atoms with Crippen molar-refractivity contribution in [1.29, 1.82) is 0 Å². The van der Waals surface area contributed by atoms with Crippen molar-refractivity contribution in [3.05, 3.63) is 23.7 Å². The maximum Gasteiger partial charge on any atom is 0.123 e. The van der Waals surface area contributed by atoms with Crippen LogP contribution in [0.5, 0.6) is 0 Å². The Morgan fingerprint density at radius 3 is 3.24 bits per heavy atom. The van der Waals surface area contributed by atoms with Crippen LogP contribution in [0.4, 0.5) is 0 Å². The number of nitrogens with one attached hydrogen (secondary N) is 1. The van der Waals surface area contributed by atoms with Crippen LogP contribution in [0.25, 0.3) is 0 Å². The molecule has 0 spiro atoms. The average Bonchev–Trinajstić information content (AvgIpc) is 2.97. The van der Waals surface area contributed by atoms with Gasteiger partial charge in [0.2, 0.25) is 0 Å². The number of hydrogen-bond acceptors (Lipinski definition) is 4. The molecule has 1 saturated heterocycles. The summed E-state index contributed by atoms with van der Waals surface area (Å²) in [5.74, 6) is 0.984. The predicted molar refractivity (Wildman–Crippen MR) is 64.7 cm³/mol. The van der Waals surface area contributed by atoms with Gasteiger partial charge in [0.1, 0.15) is 5.76 Å². The van der Waals surface area contributed by atoms with Crippen molar-refractivity contribution in [2.24, 2.45) is 0 Å². The lowest BCUT2D eigenvalue weighted by Crippen LogP contribution is -2.16. The lowest BCUT2D eigenvalue weighted by molar-refractivity contribution is 0.0310. The molecule has 17 heavy (non-hydrogen) atoms. The fourth-order valence-corrected chi connectivity index (χ4v) is 1.88. The first-order valence-electron chi connectivity index (χ1n) is 6.35. The Balaban J connectivity index is 1.76. The monoisotopic (exact) mass is 239 g/mol. The van der Waals surface area contributed by atoms with Gasteiger partial charge in [0.25, 0.3) is 0 Å². The number of ether oxygens (including phenoxy) is 2. The second kappa shape index (κ2) is 6.79. The van der Waals surface area contributed by atoms with Gasteiger partial charge in [-0.1, -0.05) is 6.92 Å². The van der Waals surface area contributed by atoms with Crippen LogP contribution in [0.2, 0.25) is 0 Å². The van der Waals surface area contributed by atoms with E-state index in [-0.39, 0.29) is 6.10 Å². The molecule has 1 unspecified atom stereocenters. The van der Waals surface area contributed by atoms with E-state index in [1.165, 1.54) is 0 Å². The van der Waals surface area contributed by atoms with E-state index < -0.39 is 0 Å². The van der Waals surface area contributed by atoms with Crippen molar-refractivity contribution in [2.75, 3.05) is 19.8 Å². The molecule has 96 valence electrons. The molecule has 2 heterocycles. The quantitative estimate of drug-likeness (QED) is 0.740. The van der Waals surface area contributed by atoms with Crippen LogP contribution in [0.3, 0.4) is 0 Å². The highest BCUT2D eigenvalue weighted by Crippen LogP contribution is 2.15. The fraction of sp³-hybridized carbons (Fsp3) is 0.692. The summed E-state index contributed by atoms with van der Waals surface area (Å²) in [5.41, 5.74) is 1.14. The summed E-state index contributed by atoms with van der Waals surface area (Å²) in [5, 5.41) is 3.33. The highest BCUT2D eigenvalue weighted by Gasteiger charge is 2.17. The first-order valence-corrected chi connectivity index (χ1v) is 6.35. The molecule has 2 rings (SSSR count). The molecule has 1 N–H and O–H groups in total. The van der Waals surface area contributed by atoms with E-state index >= 15 is 0 Å². The van der Waals surface area contributed by atoms with Gasteiger partial charge in [-0.2, -0.15) is 0 Å². The van der Waals surface area contributed by atoms with Crippen molar-refractivity contribution < 1.29 is 13.9 Å². The van der Waals surface area contributed by atoms with Gasteiger partial charge < -0.3 is 19.2 Å². The van der Waals surface area contributed by atoms with Crippen LogP contribution in [0.1, 0.15) is 31.1 Å². The van der Waals surface area contributed by atoms with Gasteiger partial charge in [0.05, 0.1) is 32.1 Å². The maximum atomic E-state index is 5.78. The summed E-state index contributed by atoms with van der Waals surface area (Å²) in [4.78, 5) is 0.